The van der Waals surface area contributed by atoms with E-state index >= 15 is 0 Å². The highest BCUT2D eigenvalue weighted by atomic mass is 31.1. The number of benzene rings is 4. The lowest BCUT2D eigenvalue weighted by molar-refractivity contribution is 0.406. The van der Waals surface area contributed by atoms with Crippen molar-refractivity contribution < 1.29 is 0 Å². The van der Waals surface area contributed by atoms with Gasteiger partial charge in [0.2, 0.25) is 0 Å². The molecule has 0 heterocycles. The summed E-state index contributed by atoms with van der Waals surface area (Å²) in [6.45, 7) is 9.87. The fraction of sp³-hybridized carbons (Fsp3) is 0.273. The highest BCUT2D eigenvalue weighted by Gasteiger charge is 2.38. The quantitative estimate of drug-likeness (QED) is 0.197. The van der Waals surface area contributed by atoms with Gasteiger partial charge in [0, 0.05) is 0 Å². The van der Waals surface area contributed by atoms with E-state index in [1.54, 1.807) is 0 Å². The van der Waals surface area contributed by atoms with Gasteiger partial charge < -0.3 is 0 Å². The van der Waals surface area contributed by atoms with Crippen LogP contribution in [0.3, 0.4) is 0 Å². The second-order valence-corrected chi connectivity index (χ2v) is 14.6. The molecule has 0 radical (unpaired) electrons. The van der Waals surface area contributed by atoms with E-state index in [1.807, 2.05) is 0 Å². The van der Waals surface area contributed by atoms with Crippen molar-refractivity contribution in [2.45, 2.75) is 45.4 Å². The smallest absolute Gasteiger partial charge is 0.00714 e. The molecule has 0 aliphatic rings. The largest absolute Gasteiger partial charge is 0.0651 e. The standard InChI is InChI=1S/C33H38P2/c1-5-32(27(4)34(28-18-10-6-11-19-28)29-20-12-7-13-21-29)33(26(2)3)35(30-22-14-8-15-23-30)31-24-16-9-17-25-31/h6-27,32-33H,5H2,1-4H3. The van der Waals surface area contributed by atoms with Crippen LogP contribution in [0.5, 0.6) is 0 Å². The molecular weight excluding hydrogens is 458 g/mol. The Morgan fingerprint density at radius 2 is 0.800 bits per heavy atom. The third-order valence-corrected chi connectivity index (χ3v) is 13.2. The van der Waals surface area contributed by atoms with Crippen molar-refractivity contribution >= 4 is 37.1 Å². The van der Waals surface area contributed by atoms with Gasteiger partial charge in [0.05, 0.1) is 0 Å². The zero-order valence-corrected chi connectivity index (χ0v) is 23.2. The van der Waals surface area contributed by atoms with Gasteiger partial charge in [-0.05, 0) is 60.2 Å². The molecule has 4 rings (SSSR count). The second-order valence-electron chi connectivity index (χ2n) is 9.63. The molecule has 4 aromatic carbocycles. The maximum atomic E-state index is 2.54. The van der Waals surface area contributed by atoms with E-state index in [1.165, 1.54) is 27.6 Å². The molecular formula is C33H38P2. The van der Waals surface area contributed by atoms with Gasteiger partial charge in [0.25, 0.3) is 0 Å². The molecule has 0 spiro atoms. The lowest BCUT2D eigenvalue weighted by Gasteiger charge is -2.42. The van der Waals surface area contributed by atoms with Gasteiger partial charge in [-0.15, -0.1) is 0 Å². The average Bonchev–Trinajstić information content (AvgIpc) is 2.91. The Kier molecular flexibility index (Phi) is 9.31. The molecule has 0 aliphatic carbocycles. The van der Waals surface area contributed by atoms with Crippen LogP contribution >= 0.6 is 15.8 Å². The molecule has 0 saturated heterocycles. The summed E-state index contributed by atoms with van der Waals surface area (Å²) in [6.07, 6.45) is 1.20. The first kappa shape index (κ1) is 25.8. The molecule has 0 nitrogen and oxygen atoms in total. The Hall–Kier alpha value is -2.26. The van der Waals surface area contributed by atoms with Crippen molar-refractivity contribution in [1.29, 1.82) is 0 Å². The average molecular weight is 497 g/mol. The maximum Gasteiger partial charge on any atom is -0.00714 e. The Labute approximate surface area is 215 Å². The zero-order valence-electron chi connectivity index (χ0n) is 21.5. The van der Waals surface area contributed by atoms with Crippen molar-refractivity contribution in [2.24, 2.45) is 11.8 Å². The SMILES string of the molecule is CCC(C(C)P(c1ccccc1)c1ccccc1)C(C(C)C)P(c1ccccc1)c1ccccc1. The van der Waals surface area contributed by atoms with Crippen LogP contribution < -0.4 is 21.2 Å². The van der Waals surface area contributed by atoms with Gasteiger partial charge in [-0.25, -0.2) is 0 Å². The van der Waals surface area contributed by atoms with Gasteiger partial charge in [-0.3, -0.25) is 0 Å². The van der Waals surface area contributed by atoms with E-state index in [0.29, 0.717) is 23.2 Å². The van der Waals surface area contributed by atoms with Crippen molar-refractivity contribution in [3.05, 3.63) is 121 Å². The first-order chi connectivity index (χ1) is 17.1. The summed E-state index contributed by atoms with van der Waals surface area (Å²) in [6, 6.07) is 45.2. The minimum Gasteiger partial charge on any atom is -0.0651 e. The Morgan fingerprint density at radius 3 is 1.09 bits per heavy atom. The molecule has 0 bridgehead atoms. The Bertz CT molecular complexity index is 1050. The van der Waals surface area contributed by atoms with Gasteiger partial charge in [-0.1, -0.05) is 155 Å². The van der Waals surface area contributed by atoms with Crippen LogP contribution in [0.4, 0.5) is 0 Å². The van der Waals surface area contributed by atoms with E-state index < -0.39 is 15.8 Å². The lowest BCUT2D eigenvalue weighted by atomic mass is 9.91. The maximum absolute atomic E-state index is 2.54. The molecule has 0 fully saturated rings. The molecule has 0 aromatic heterocycles. The molecule has 180 valence electrons. The van der Waals surface area contributed by atoms with E-state index in [9.17, 15) is 0 Å². The van der Waals surface area contributed by atoms with Crippen molar-refractivity contribution in [1.82, 2.24) is 0 Å². The molecule has 0 amide bonds. The fourth-order valence-corrected chi connectivity index (χ4v) is 12.1. The third kappa shape index (κ3) is 6.12. The minimum absolute atomic E-state index is 0.467. The molecule has 3 atom stereocenters. The van der Waals surface area contributed by atoms with Crippen LogP contribution in [0.25, 0.3) is 0 Å². The van der Waals surface area contributed by atoms with Crippen molar-refractivity contribution in [3.8, 4) is 0 Å². The summed E-state index contributed by atoms with van der Waals surface area (Å²) in [4.78, 5) is 0. The first-order valence-electron chi connectivity index (χ1n) is 12.9. The second kappa shape index (κ2) is 12.6. The monoisotopic (exact) mass is 496 g/mol. The lowest BCUT2D eigenvalue weighted by Crippen LogP contribution is -2.38. The van der Waals surface area contributed by atoms with E-state index in [-0.39, 0.29) is 0 Å². The Morgan fingerprint density at radius 1 is 0.486 bits per heavy atom. The van der Waals surface area contributed by atoms with E-state index in [4.69, 9.17) is 0 Å². The summed E-state index contributed by atoms with van der Waals surface area (Å²) in [5.41, 5.74) is 1.18. The molecule has 0 aliphatic heterocycles. The summed E-state index contributed by atoms with van der Waals surface area (Å²) < 4.78 is 0. The van der Waals surface area contributed by atoms with Gasteiger partial charge in [0.15, 0.2) is 0 Å². The predicted molar refractivity (Wildman–Crippen MR) is 160 cm³/mol. The minimum atomic E-state index is -0.484. The van der Waals surface area contributed by atoms with Crippen LogP contribution in [0.1, 0.15) is 34.1 Å². The topological polar surface area (TPSA) is 0 Å². The molecule has 0 N–H and O–H groups in total. The van der Waals surface area contributed by atoms with Crippen LogP contribution in [0.2, 0.25) is 0 Å². The fourth-order valence-electron chi connectivity index (χ4n) is 5.51. The molecule has 0 saturated carbocycles. The normalized spacial score (nSPS) is 14.3. The molecule has 3 unspecified atom stereocenters. The van der Waals surface area contributed by atoms with E-state index in [0.717, 1.165) is 0 Å². The third-order valence-electron chi connectivity index (χ3n) is 7.06. The number of hydrogen-bond donors (Lipinski definition) is 0. The Balaban J connectivity index is 1.82. The number of rotatable bonds is 10. The summed E-state index contributed by atoms with van der Waals surface area (Å²) in [5, 5.41) is 5.99. The van der Waals surface area contributed by atoms with Crippen LogP contribution in [0.15, 0.2) is 121 Å². The molecule has 2 heteroatoms. The number of hydrogen-bond acceptors (Lipinski definition) is 0. The summed E-state index contributed by atoms with van der Waals surface area (Å²) in [5.74, 6) is 1.21. The summed E-state index contributed by atoms with van der Waals surface area (Å²) >= 11 is 0. The van der Waals surface area contributed by atoms with Crippen LogP contribution in [-0.4, -0.2) is 11.3 Å². The van der Waals surface area contributed by atoms with Gasteiger partial charge >= 0.3 is 0 Å². The van der Waals surface area contributed by atoms with Crippen molar-refractivity contribution in [3.63, 3.8) is 0 Å². The highest BCUT2D eigenvalue weighted by Crippen LogP contribution is 2.54. The van der Waals surface area contributed by atoms with Gasteiger partial charge in [0.1, 0.15) is 0 Å². The first-order valence-corrected chi connectivity index (χ1v) is 15.7. The van der Waals surface area contributed by atoms with Crippen LogP contribution in [0, 0.1) is 11.8 Å². The summed E-state index contributed by atoms with van der Waals surface area (Å²) in [7, 11) is -0.950. The molecule has 35 heavy (non-hydrogen) atoms. The highest BCUT2D eigenvalue weighted by molar-refractivity contribution is 7.74. The predicted octanol–water partition coefficient (Wildman–Crippen LogP) is 7.69. The zero-order chi connectivity index (χ0) is 24.6. The van der Waals surface area contributed by atoms with Crippen molar-refractivity contribution in [2.75, 3.05) is 0 Å². The van der Waals surface area contributed by atoms with Crippen LogP contribution in [-0.2, 0) is 0 Å². The van der Waals surface area contributed by atoms with Gasteiger partial charge in [-0.2, -0.15) is 0 Å². The molecule has 4 aromatic rings. The van der Waals surface area contributed by atoms with E-state index in [2.05, 4.69) is 149 Å².